The van der Waals surface area contributed by atoms with E-state index in [4.69, 9.17) is 5.73 Å². The predicted molar refractivity (Wildman–Crippen MR) is 62.7 cm³/mol. The van der Waals surface area contributed by atoms with Gasteiger partial charge in [-0.15, -0.1) is 0 Å². The number of hydrogen-bond donors (Lipinski definition) is 1. The number of halogens is 2. The third kappa shape index (κ3) is 3.01. The van der Waals surface area contributed by atoms with Crippen molar-refractivity contribution in [2.24, 2.45) is 5.73 Å². The van der Waals surface area contributed by atoms with Crippen LogP contribution in [-0.2, 0) is 11.3 Å². The third-order valence-electron chi connectivity index (χ3n) is 2.94. The van der Waals surface area contributed by atoms with Crippen LogP contribution in [0.1, 0.15) is 38.3 Å². The van der Waals surface area contributed by atoms with Crippen LogP contribution in [0.2, 0.25) is 0 Å². The molecule has 3 heteroatoms. The summed E-state index contributed by atoms with van der Waals surface area (Å²) >= 11 is 0. The first-order chi connectivity index (χ1) is 7.27. The second kappa shape index (κ2) is 4.50. The Labute approximate surface area is 95.7 Å². The molecule has 0 fully saturated rings. The summed E-state index contributed by atoms with van der Waals surface area (Å²) in [7, 11) is 0. The van der Waals surface area contributed by atoms with Gasteiger partial charge in [0.05, 0.1) is 0 Å². The quantitative estimate of drug-likeness (QED) is 0.838. The van der Waals surface area contributed by atoms with Crippen molar-refractivity contribution in [1.82, 2.24) is 0 Å². The number of benzene rings is 1. The summed E-state index contributed by atoms with van der Waals surface area (Å²) in [6, 6.07) is 6.52. The molecule has 0 amide bonds. The lowest BCUT2D eigenvalue weighted by Gasteiger charge is -2.25. The maximum Gasteiger partial charge on any atom is 0.270 e. The normalized spacial score (nSPS) is 12.9. The van der Waals surface area contributed by atoms with Crippen LogP contribution in [0.5, 0.6) is 0 Å². The molecule has 2 N–H and O–H groups in total. The molecule has 0 radical (unpaired) electrons. The van der Waals surface area contributed by atoms with Crippen molar-refractivity contribution in [3.05, 3.63) is 35.4 Å². The monoisotopic (exact) mass is 227 g/mol. The van der Waals surface area contributed by atoms with Crippen LogP contribution in [0, 0.1) is 0 Å². The summed E-state index contributed by atoms with van der Waals surface area (Å²) in [4.78, 5) is 0. The fourth-order valence-electron chi connectivity index (χ4n) is 1.72. The van der Waals surface area contributed by atoms with Gasteiger partial charge in [-0.3, -0.25) is 0 Å². The molecule has 0 aliphatic heterocycles. The van der Waals surface area contributed by atoms with Gasteiger partial charge in [-0.25, -0.2) is 8.78 Å². The molecule has 0 heterocycles. The second-order valence-electron chi connectivity index (χ2n) is 4.89. The van der Waals surface area contributed by atoms with Crippen LogP contribution in [0.4, 0.5) is 8.78 Å². The first-order valence-corrected chi connectivity index (χ1v) is 5.46. The maximum atomic E-state index is 13.0. The molecule has 1 aromatic rings. The van der Waals surface area contributed by atoms with Gasteiger partial charge in [-0.1, -0.05) is 38.1 Å². The van der Waals surface area contributed by atoms with Gasteiger partial charge in [0.15, 0.2) is 0 Å². The van der Waals surface area contributed by atoms with Gasteiger partial charge in [0.2, 0.25) is 0 Å². The van der Waals surface area contributed by atoms with E-state index in [0.29, 0.717) is 6.54 Å². The topological polar surface area (TPSA) is 26.0 Å². The highest BCUT2D eigenvalue weighted by Crippen LogP contribution is 2.31. The highest BCUT2D eigenvalue weighted by Gasteiger charge is 2.25. The van der Waals surface area contributed by atoms with Gasteiger partial charge >= 0.3 is 0 Å². The highest BCUT2D eigenvalue weighted by atomic mass is 19.3. The molecule has 0 bridgehead atoms. The number of hydrogen-bond acceptors (Lipinski definition) is 1. The molecule has 0 spiro atoms. The summed E-state index contributed by atoms with van der Waals surface area (Å²) in [5.41, 5.74) is 6.57. The zero-order valence-electron chi connectivity index (χ0n) is 10.1. The summed E-state index contributed by atoms with van der Waals surface area (Å²) in [5.74, 6) is -2.77. The Morgan fingerprint density at radius 3 is 1.81 bits per heavy atom. The zero-order valence-corrected chi connectivity index (χ0v) is 10.1. The first-order valence-electron chi connectivity index (χ1n) is 5.46. The Balaban J connectivity index is 2.95. The maximum absolute atomic E-state index is 13.0. The van der Waals surface area contributed by atoms with Gasteiger partial charge in [0.1, 0.15) is 0 Å². The van der Waals surface area contributed by atoms with Crippen LogP contribution < -0.4 is 5.73 Å². The summed E-state index contributed by atoms with van der Waals surface area (Å²) in [5, 5.41) is 0. The predicted octanol–water partition coefficient (Wildman–Crippen LogP) is 3.42. The van der Waals surface area contributed by atoms with Crippen molar-refractivity contribution >= 4 is 0 Å². The molecule has 0 aliphatic rings. The SMILES string of the molecule is CC(F)(F)c1ccc(C(C)(C)CCN)cc1. The van der Waals surface area contributed by atoms with E-state index in [-0.39, 0.29) is 11.0 Å². The minimum atomic E-state index is -2.77. The van der Waals surface area contributed by atoms with E-state index in [2.05, 4.69) is 13.8 Å². The van der Waals surface area contributed by atoms with Gasteiger partial charge in [0, 0.05) is 12.5 Å². The Bertz CT molecular complexity index is 336. The molecule has 1 aromatic carbocycles. The standard InChI is InChI=1S/C13H19F2N/c1-12(2,8-9-16)10-4-6-11(7-5-10)13(3,14)15/h4-7H,8-9,16H2,1-3H3. The van der Waals surface area contributed by atoms with E-state index in [1.807, 2.05) is 0 Å². The molecule has 0 aliphatic carbocycles. The van der Waals surface area contributed by atoms with Gasteiger partial charge in [0.25, 0.3) is 5.92 Å². The van der Waals surface area contributed by atoms with Crippen molar-refractivity contribution in [2.45, 2.75) is 38.5 Å². The van der Waals surface area contributed by atoms with Crippen LogP contribution in [-0.4, -0.2) is 6.54 Å². The molecule has 0 saturated heterocycles. The lowest BCUT2D eigenvalue weighted by molar-refractivity contribution is 0.0174. The number of nitrogens with two attached hydrogens (primary N) is 1. The van der Waals surface area contributed by atoms with Crippen LogP contribution in [0.15, 0.2) is 24.3 Å². The Hall–Kier alpha value is -0.960. The molecule has 1 nitrogen and oxygen atoms in total. The molecule has 90 valence electrons. The largest absolute Gasteiger partial charge is 0.330 e. The lowest BCUT2D eigenvalue weighted by atomic mass is 9.81. The van der Waals surface area contributed by atoms with Crippen molar-refractivity contribution in [2.75, 3.05) is 6.54 Å². The minimum Gasteiger partial charge on any atom is -0.330 e. The molecule has 0 unspecified atom stereocenters. The van der Waals surface area contributed by atoms with Crippen LogP contribution >= 0.6 is 0 Å². The van der Waals surface area contributed by atoms with Crippen LogP contribution in [0.3, 0.4) is 0 Å². The Morgan fingerprint density at radius 1 is 1.00 bits per heavy atom. The molecule has 0 saturated carbocycles. The van der Waals surface area contributed by atoms with E-state index in [9.17, 15) is 8.78 Å². The summed E-state index contributed by atoms with van der Waals surface area (Å²) in [6.45, 7) is 5.64. The van der Waals surface area contributed by atoms with Crippen LogP contribution in [0.25, 0.3) is 0 Å². The molecule has 1 rings (SSSR count). The number of rotatable bonds is 4. The van der Waals surface area contributed by atoms with Gasteiger partial charge < -0.3 is 5.73 Å². The van der Waals surface area contributed by atoms with Gasteiger partial charge in [-0.05, 0) is 23.9 Å². The Morgan fingerprint density at radius 2 is 1.44 bits per heavy atom. The highest BCUT2D eigenvalue weighted by molar-refractivity contribution is 5.30. The molecular formula is C13H19F2N. The Kier molecular flexibility index (Phi) is 3.68. The van der Waals surface area contributed by atoms with Gasteiger partial charge in [-0.2, -0.15) is 0 Å². The van der Waals surface area contributed by atoms with E-state index in [1.165, 1.54) is 12.1 Å². The van der Waals surface area contributed by atoms with Crippen molar-refractivity contribution < 1.29 is 8.78 Å². The number of alkyl halides is 2. The van der Waals surface area contributed by atoms with E-state index >= 15 is 0 Å². The van der Waals surface area contributed by atoms with Crippen molar-refractivity contribution in [3.63, 3.8) is 0 Å². The molecule has 0 aromatic heterocycles. The smallest absolute Gasteiger partial charge is 0.270 e. The van der Waals surface area contributed by atoms with Crippen molar-refractivity contribution in [3.8, 4) is 0 Å². The first kappa shape index (κ1) is 13.1. The fourth-order valence-corrected chi connectivity index (χ4v) is 1.72. The minimum absolute atomic E-state index is 0.0554. The average molecular weight is 227 g/mol. The average Bonchev–Trinajstić information content (AvgIpc) is 2.16. The molecule has 0 atom stereocenters. The third-order valence-corrected chi connectivity index (χ3v) is 2.94. The fraction of sp³-hybridized carbons (Fsp3) is 0.538. The molecular weight excluding hydrogens is 208 g/mol. The zero-order chi connectivity index (χ0) is 12.4. The molecule has 16 heavy (non-hydrogen) atoms. The summed E-state index contributed by atoms with van der Waals surface area (Å²) < 4.78 is 26.0. The summed E-state index contributed by atoms with van der Waals surface area (Å²) in [6.07, 6.45) is 0.842. The lowest BCUT2D eigenvalue weighted by Crippen LogP contribution is -2.21. The van der Waals surface area contributed by atoms with Crippen molar-refractivity contribution in [1.29, 1.82) is 0 Å². The van der Waals surface area contributed by atoms with E-state index in [0.717, 1.165) is 18.9 Å². The van der Waals surface area contributed by atoms with E-state index < -0.39 is 5.92 Å². The second-order valence-corrected chi connectivity index (χ2v) is 4.89. The van der Waals surface area contributed by atoms with E-state index in [1.54, 1.807) is 12.1 Å².